The van der Waals surface area contributed by atoms with Crippen LogP contribution in [-0.2, 0) is 16.1 Å². The van der Waals surface area contributed by atoms with Crippen molar-refractivity contribution < 1.29 is 24.2 Å². The third-order valence-corrected chi connectivity index (χ3v) is 6.45. The molecule has 0 bridgehead atoms. The van der Waals surface area contributed by atoms with Gasteiger partial charge in [-0.15, -0.1) is 0 Å². The summed E-state index contributed by atoms with van der Waals surface area (Å²) in [4.78, 5) is 26.9. The molecular formula is C23H34N2O5. The molecule has 0 radical (unpaired) electrons. The first-order chi connectivity index (χ1) is 14.5. The van der Waals surface area contributed by atoms with E-state index in [2.05, 4.69) is 12.2 Å². The molecule has 2 unspecified atom stereocenters. The van der Waals surface area contributed by atoms with Crippen molar-refractivity contribution in [2.75, 3.05) is 20.2 Å². The molecule has 30 heavy (non-hydrogen) atoms. The number of carbonyl (C=O) groups is 2. The Morgan fingerprint density at radius 2 is 1.90 bits per heavy atom. The normalized spacial score (nSPS) is 22.4. The van der Waals surface area contributed by atoms with Gasteiger partial charge in [0.1, 0.15) is 6.10 Å². The summed E-state index contributed by atoms with van der Waals surface area (Å²) >= 11 is 0. The Balaban J connectivity index is 1.43. The fourth-order valence-electron chi connectivity index (χ4n) is 4.49. The largest absolute Gasteiger partial charge is 0.504 e. The number of phenolic OH excluding ortho intramolecular Hbond substituents is 1. The molecule has 7 heteroatoms. The van der Waals surface area contributed by atoms with E-state index < -0.39 is 0 Å². The molecule has 166 valence electrons. The number of likely N-dealkylation sites (tertiary alicyclic amines) is 1. The van der Waals surface area contributed by atoms with Crippen LogP contribution in [0.1, 0.15) is 57.4 Å². The summed E-state index contributed by atoms with van der Waals surface area (Å²) in [7, 11) is 1.49. The molecule has 2 amide bonds. The highest BCUT2D eigenvalue weighted by Gasteiger charge is 2.32. The SMILES string of the molecule is CCC1CCCCC1OC(=O)N1CCC(C(=O)NCc2ccc(O)c(OC)c2)CC1. The van der Waals surface area contributed by atoms with Crippen molar-refractivity contribution in [2.45, 2.75) is 64.5 Å². The van der Waals surface area contributed by atoms with E-state index >= 15 is 0 Å². The van der Waals surface area contributed by atoms with Gasteiger partial charge in [0, 0.05) is 25.6 Å². The summed E-state index contributed by atoms with van der Waals surface area (Å²) in [6.07, 6.45) is 6.61. The number of benzene rings is 1. The van der Waals surface area contributed by atoms with E-state index in [4.69, 9.17) is 9.47 Å². The Bertz CT molecular complexity index is 730. The molecule has 2 aliphatic rings. The molecule has 3 rings (SSSR count). The Hall–Kier alpha value is -2.44. The summed E-state index contributed by atoms with van der Waals surface area (Å²) in [6, 6.07) is 5.02. The maximum absolute atomic E-state index is 12.6. The van der Waals surface area contributed by atoms with Gasteiger partial charge in [-0.2, -0.15) is 0 Å². The van der Waals surface area contributed by atoms with Crippen molar-refractivity contribution in [3.8, 4) is 11.5 Å². The first-order valence-electron chi connectivity index (χ1n) is 11.1. The Kier molecular flexibility index (Phi) is 7.82. The zero-order valence-corrected chi connectivity index (χ0v) is 18.1. The van der Waals surface area contributed by atoms with Crippen LogP contribution in [0, 0.1) is 11.8 Å². The fourth-order valence-corrected chi connectivity index (χ4v) is 4.49. The predicted octanol–water partition coefficient (Wildman–Crippen LogP) is 3.83. The van der Waals surface area contributed by atoms with Gasteiger partial charge in [-0.3, -0.25) is 4.79 Å². The summed E-state index contributed by atoms with van der Waals surface area (Å²) in [6.45, 7) is 3.63. The molecule has 2 N–H and O–H groups in total. The van der Waals surface area contributed by atoms with Gasteiger partial charge in [0.2, 0.25) is 5.91 Å². The molecule has 1 saturated carbocycles. The van der Waals surface area contributed by atoms with Crippen LogP contribution in [0.25, 0.3) is 0 Å². The van der Waals surface area contributed by atoms with Gasteiger partial charge >= 0.3 is 6.09 Å². The lowest BCUT2D eigenvalue weighted by Crippen LogP contribution is -2.44. The molecule has 2 atom stereocenters. The molecule has 0 spiro atoms. The van der Waals surface area contributed by atoms with Crippen LogP contribution < -0.4 is 10.1 Å². The lowest BCUT2D eigenvalue weighted by atomic mass is 9.85. The monoisotopic (exact) mass is 418 g/mol. The van der Waals surface area contributed by atoms with Crippen LogP contribution in [0.5, 0.6) is 11.5 Å². The molecule has 1 saturated heterocycles. The lowest BCUT2D eigenvalue weighted by Gasteiger charge is -2.35. The van der Waals surface area contributed by atoms with E-state index in [9.17, 15) is 14.7 Å². The summed E-state index contributed by atoms with van der Waals surface area (Å²) < 4.78 is 10.9. The summed E-state index contributed by atoms with van der Waals surface area (Å²) in [5.41, 5.74) is 0.858. The number of hydrogen-bond donors (Lipinski definition) is 2. The van der Waals surface area contributed by atoms with Gasteiger partial charge in [0.15, 0.2) is 11.5 Å². The van der Waals surface area contributed by atoms with E-state index in [0.717, 1.165) is 31.2 Å². The number of rotatable bonds is 6. The molecule has 1 aromatic carbocycles. The molecule has 1 aliphatic carbocycles. The third-order valence-electron chi connectivity index (χ3n) is 6.45. The minimum atomic E-state index is -0.226. The molecule has 1 aliphatic heterocycles. The van der Waals surface area contributed by atoms with Crippen LogP contribution in [0.15, 0.2) is 18.2 Å². The van der Waals surface area contributed by atoms with Crippen LogP contribution in [-0.4, -0.2) is 48.3 Å². The first kappa shape index (κ1) is 22.2. The van der Waals surface area contributed by atoms with Crippen LogP contribution in [0.3, 0.4) is 0 Å². The number of amides is 2. The van der Waals surface area contributed by atoms with Crippen molar-refractivity contribution in [3.05, 3.63) is 23.8 Å². The zero-order chi connectivity index (χ0) is 21.5. The number of ether oxygens (including phenoxy) is 2. The topological polar surface area (TPSA) is 88.1 Å². The van der Waals surface area contributed by atoms with Gasteiger partial charge in [0.05, 0.1) is 7.11 Å². The molecule has 2 fully saturated rings. The average Bonchev–Trinajstić information content (AvgIpc) is 2.78. The van der Waals surface area contributed by atoms with E-state index in [0.29, 0.717) is 44.1 Å². The van der Waals surface area contributed by atoms with Crippen molar-refractivity contribution in [2.24, 2.45) is 11.8 Å². The van der Waals surface area contributed by atoms with E-state index in [1.54, 1.807) is 23.1 Å². The zero-order valence-electron chi connectivity index (χ0n) is 18.1. The van der Waals surface area contributed by atoms with Gasteiger partial charge in [-0.1, -0.05) is 19.4 Å². The molecule has 7 nitrogen and oxygen atoms in total. The maximum atomic E-state index is 12.6. The molecule has 0 aromatic heterocycles. The quantitative estimate of drug-likeness (QED) is 0.733. The number of phenols is 1. The molecular weight excluding hydrogens is 384 g/mol. The highest BCUT2D eigenvalue weighted by Crippen LogP contribution is 2.30. The molecule has 1 heterocycles. The second-order valence-electron chi connectivity index (χ2n) is 8.36. The highest BCUT2D eigenvalue weighted by molar-refractivity contribution is 5.79. The summed E-state index contributed by atoms with van der Waals surface area (Å²) in [5.74, 6) is 0.825. The Labute approximate surface area is 178 Å². The van der Waals surface area contributed by atoms with Crippen LogP contribution in [0.2, 0.25) is 0 Å². The number of nitrogens with zero attached hydrogens (tertiary/aromatic N) is 1. The Morgan fingerprint density at radius 3 is 2.60 bits per heavy atom. The van der Waals surface area contributed by atoms with Gasteiger partial charge in [-0.05, 0) is 62.1 Å². The average molecular weight is 419 g/mol. The minimum absolute atomic E-state index is 0.00612. The second-order valence-corrected chi connectivity index (χ2v) is 8.36. The van der Waals surface area contributed by atoms with Crippen molar-refractivity contribution in [1.82, 2.24) is 10.2 Å². The van der Waals surface area contributed by atoms with Crippen molar-refractivity contribution >= 4 is 12.0 Å². The van der Waals surface area contributed by atoms with E-state index in [1.165, 1.54) is 13.5 Å². The van der Waals surface area contributed by atoms with Crippen molar-refractivity contribution in [3.63, 3.8) is 0 Å². The Morgan fingerprint density at radius 1 is 1.17 bits per heavy atom. The standard InChI is InChI=1S/C23H34N2O5/c1-3-17-6-4-5-7-20(17)30-23(28)25-12-10-18(11-13-25)22(27)24-15-16-8-9-19(26)21(14-16)29-2/h8-9,14,17-18,20,26H,3-7,10-13,15H2,1-2H3,(H,24,27). The second kappa shape index (κ2) is 10.5. The van der Waals surface area contributed by atoms with Gasteiger partial charge in [-0.25, -0.2) is 4.79 Å². The number of hydrogen-bond acceptors (Lipinski definition) is 5. The fraction of sp³-hybridized carbons (Fsp3) is 0.652. The van der Waals surface area contributed by atoms with E-state index in [1.807, 2.05) is 0 Å². The van der Waals surface area contributed by atoms with Crippen LogP contribution >= 0.6 is 0 Å². The van der Waals surface area contributed by atoms with E-state index in [-0.39, 0.29) is 29.8 Å². The first-order valence-corrected chi connectivity index (χ1v) is 11.1. The van der Waals surface area contributed by atoms with Gasteiger partial charge < -0.3 is 24.8 Å². The van der Waals surface area contributed by atoms with Gasteiger partial charge in [0.25, 0.3) is 0 Å². The third kappa shape index (κ3) is 5.58. The number of carbonyl (C=O) groups excluding carboxylic acids is 2. The minimum Gasteiger partial charge on any atom is -0.504 e. The lowest BCUT2D eigenvalue weighted by molar-refractivity contribution is -0.126. The number of nitrogens with one attached hydrogen (secondary N) is 1. The number of piperidine rings is 1. The van der Waals surface area contributed by atoms with Crippen LogP contribution in [0.4, 0.5) is 4.79 Å². The smallest absolute Gasteiger partial charge is 0.410 e. The number of aromatic hydroxyl groups is 1. The summed E-state index contributed by atoms with van der Waals surface area (Å²) in [5, 5.41) is 12.6. The highest BCUT2D eigenvalue weighted by atomic mass is 16.6. The number of methoxy groups -OCH3 is 1. The molecule has 1 aromatic rings. The predicted molar refractivity (Wildman–Crippen MR) is 113 cm³/mol. The van der Waals surface area contributed by atoms with Crippen molar-refractivity contribution in [1.29, 1.82) is 0 Å². The maximum Gasteiger partial charge on any atom is 0.410 e.